The SMILES string of the molecule is CCNC(c1ccc(Br)cn1)c1ncnn1C. The topological polar surface area (TPSA) is 55.6 Å². The molecule has 2 heterocycles. The van der Waals surface area contributed by atoms with Crippen LogP contribution >= 0.6 is 15.9 Å². The third-order valence-corrected chi connectivity index (χ3v) is 2.93. The van der Waals surface area contributed by atoms with Crippen molar-refractivity contribution in [3.8, 4) is 0 Å². The Kier molecular flexibility index (Phi) is 3.86. The summed E-state index contributed by atoms with van der Waals surface area (Å²) >= 11 is 3.38. The minimum atomic E-state index is -0.0272. The number of halogens is 1. The van der Waals surface area contributed by atoms with Crippen molar-refractivity contribution in [2.24, 2.45) is 7.05 Å². The van der Waals surface area contributed by atoms with Crippen molar-refractivity contribution < 1.29 is 0 Å². The average molecular weight is 296 g/mol. The number of aryl methyl sites for hydroxylation is 1. The van der Waals surface area contributed by atoms with Gasteiger partial charge in [-0.25, -0.2) is 4.98 Å². The fourth-order valence-electron chi connectivity index (χ4n) is 1.66. The minimum Gasteiger partial charge on any atom is -0.303 e. The number of rotatable bonds is 4. The third kappa shape index (κ3) is 2.70. The second-order valence-corrected chi connectivity index (χ2v) is 4.55. The molecule has 0 bridgehead atoms. The molecule has 0 saturated carbocycles. The maximum atomic E-state index is 4.40. The minimum absolute atomic E-state index is 0.0272. The molecule has 1 unspecified atom stereocenters. The van der Waals surface area contributed by atoms with Gasteiger partial charge in [0.05, 0.1) is 5.69 Å². The summed E-state index contributed by atoms with van der Waals surface area (Å²) in [6, 6.07) is 3.93. The quantitative estimate of drug-likeness (QED) is 0.932. The van der Waals surface area contributed by atoms with Crippen LogP contribution in [-0.2, 0) is 7.05 Å². The Labute approximate surface area is 108 Å². The van der Waals surface area contributed by atoms with E-state index in [-0.39, 0.29) is 6.04 Å². The molecule has 17 heavy (non-hydrogen) atoms. The van der Waals surface area contributed by atoms with Gasteiger partial charge in [-0.05, 0) is 34.6 Å². The fourth-order valence-corrected chi connectivity index (χ4v) is 1.89. The van der Waals surface area contributed by atoms with Gasteiger partial charge in [0, 0.05) is 17.7 Å². The van der Waals surface area contributed by atoms with E-state index in [1.54, 1.807) is 17.2 Å². The molecule has 0 spiro atoms. The van der Waals surface area contributed by atoms with Crippen LogP contribution in [0, 0.1) is 0 Å². The van der Waals surface area contributed by atoms with E-state index in [9.17, 15) is 0 Å². The van der Waals surface area contributed by atoms with E-state index in [1.807, 2.05) is 19.2 Å². The Morgan fingerprint density at radius 2 is 2.24 bits per heavy atom. The molecule has 0 saturated heterocycles. The van der Waals surface area contributed by atoms with Crippen molar-refractivity contribution in [2.75, 3.05) is 6.54 Å². The molecule has 0 aromatic carbocycles. The fraction of sp³-hybridized carbons (Fsp3) is 0.364. The Hall–Kier alpha value is -1.27. The van der Waals surface area contributed by atoms with Gasteiger partial charge in [0.2, 0.25) is 0 Å². The van der Waals surface area contributed by atoms with Gasteiger partial charge in [-0.3, -0.25) is 9.67 Å². The summed E-state index contributed by atoms with van der Waals surface area (Å²) in [7, 11) is 1.88. The van der Waals surface area contributed by atoms with E-state index in [0.717, 1.165) is 22.5 Å². The molecule has 0 aliphatic rings. The number of pyridine rings is 1. The van der Waals surface area contributed by atoms with E-state index in [4.69, 9.17) is 0 Å². The maximum absolute atomic E-state index is 4.40. The highest BCUT2D eigenvalue weighted by molar-refractivity contribution is 9.10. The lowest BCUT2D eigenvalue weighted by Gasteiger charge is -2.16. The van der Waals surface area contributed by atoms with Crippen LogP contribution < -0.4 is 5.32 Å². The van der Waals surface area contributed by atoms with Gasteiger partial charge in [-0.15, -0.1) is 0 Å². The first-order valence-electron chi connectivity index (χ1n) is 5.41. The number of hydrogen-bond donors (Lipinski definition) is 1. The van der Waals surface area contributed by atoms with Gasteiger partial charge in [0.15, 0.2) is 0 Å². The molecule has 0 radical (unpaired) electrons. The van der Waals surface area contributed by atoms with E-state index in [1.165, 1.54) is 0 Å². The Morgan fingerprint density at radius 3 is 2.76 bits per heavy atom. The van der Waals surface area contributed by atoms with Crippen molar-refractivity contribution in [1.29, 1.82) is 0 Å². The number of aromatic nitrogens is 4. The van der Waals surface area contributed by atoms with Crippen molar-refractivity contribution in [1.82, 2.24) is 25.1 Å². The molecule has 0 amide bonds. The summed E-state index contributed by atoms with van der Waals surface area (Å²) in [4.78, 5) is 8.67. The number of nitrogens with one attached hydrogen (secondary N) is 1. The lowest BCUT2D eigenvalue weighted by Crippen LogP contribution is -2.25. The third-order valence-electron chi connectivity index (χ3n) is 2.46. The molecule has 0 aliphatic heterocycles. The largest absolute Gasteiger partial charge is 0.303 e. The Morgan fingerprint density at radius 1 is 1.41 bits per heavy atom. The zero-order chi connectivity index (χ0) is 12.3. The van der Waals surface area contributed by atoms with Crippen LogP contribution in [0.5, 0.6) is 0 Å². The van der Waals surface area contributed by atoms with E-state index in [0.29, 0.717) is 0 Å². The summed E-state index contributed by atoms with van der Waals surface area (Å²) < 4.78 is 2.73. The molecular formula is C11H14BrN5. The van der Waals surface area contributed by atoms with Crippen LogP contribution in [0.3, 0.4) is 0 Å². The van der Waals surface area contributed by atoms with Crippen LogP contribution in [0.4, 0.5) is 0 Å². The molecule has 2 rings (SSSR count). The molecule has 2 aromatic heterocycles. The summed E-state index contributed by atoms with van der Waals surface area (Å²) in [5.74, 6) is 0.863. The van der Waals surface area contributed by atoms with Crippen LogP contribution in [0.15, 0.2) is 29.1 Å². The smallest absolute Gasteiger partial charge is 0.149 e. The van der Waals surface area contributed by atoms with Crippen LogP contribution in [-0.4, -0.2) is 26.3 Å². The molecule has 0 aliphatic carbocycles. The first-order chi connectivity index (χ1) is 8.22. The first-order valence-corrected chi connectivity index (χ1v) is 6.20. The molecule has 5 nitrogen and oxygen atoms in total. The highest BCUT2D eigenvalue weighted by Gasteiger charge is 2.18. The molecule has 1 N–H and O–H groups in total. The predicted molar refractivity (Wildman–Crippen MR) is 68.5 cm³/mol. The molecule has 2 aromatic rings. The van der Waals surface area contributed by atoms with Gasteiger partial charge in [-0.1, -0.05) is 6.92 Å². The summed E-state index contributed by atoms with van der Waals surface area (Å²) in [5.41, 5.74) is 0.936. The highest BCUT2D eigenvalue weighted by atomic mass is 79.9. The first kappa shape index (κ1) is 12.2. The van der Waals surface area contributed by atoms with E-state index in [2.05, 4.69) is 43.2 Å². The zero-order valence-electron chi connectivity index (χ0n) is 9.76. The van der Waals surface area contributed by atoms with Crippen LogP contribution in [0.2, 0.25) is 0 Å². The summed E-state index contributed by atoms with van der Waals surface area (Å²) in [5, 5.41) is 7.45. The lowest BCUT2D eigenvalue weighted by molar-refractivity contribution is 0.549. The molecular weight excluding hydrogens is 282 g/mol. The predicted octanol–water partition coefficient (Wildman–Crippen LogP) is 1.67. The summed E-state index contributed by atoms with van der Waals surface area (Å²) in [6.45, 7) is 2.90. The Bertz CT molecular complexity index is 479. The van der Waals surface area contributed by atoms with Gasteiger partial charge in [0.25, 0.3) is 0 Å². The van der Waals surface area contributed by atoms with Crippen molar-refractivity contribution in [3.63, 3.8) is 0 Å². The standard InChI is InChI=1S/C11H14BrN5/c1-3-13-10(11-15-7-16-17(11)2)9-5-4-8(12)6-14-9/h4-7,10,13H,3H2,1-2H3. The lowest BCUT2D eigenvalue weighted by atomic mass is 10.1. The Balaban J connectivity index is 2.35. The maximum Gasteiger partial charge on any atom is 0.149 e. The second-order valence-electron chi connectivity index (χ2n) is 3.63. The number of nitrogens with zero attached hydrogens (tertiary/aromatic N) is 4. The molecule has 6 heteroatoms. The van der Waals surface area contributed by atoms with Crippen molar-refractivity contribution >= 4 is 15.9 Å². The van der Waals surface area contributed by atoms with Gasteiger partial charge in [0.1, 0.15) is 18.2 Å². The molecule has 1 atom stereocenters. The molecule has 0 fully saturated rings. The average Bonchev–Trinajstić information content (AvgIpc) is 2.74. The van der Waals surface area contributed by atoms with E-state index >= 15 is 0 Å². The van der Waals surface area contributed by atoms with Gasteiger partial charge >= 0.3 is 0 Å². The number of hydrogen-bond acceptors (Lipinski definition) is 4. The molecule has 90 valence electrons. The normalized spacial score (nSPS) is 12.6. The van der Waals surface area contributed by atoms with Gasteiger partial charge in [-0.2, -0.15) is 5.10 Å². The monoisotopic (exact) mass is 295 g/mol. The second kappa shape index (κ2) is 5.37. The zero-order valence-corrected chi connectivity index (χ0v) is 11.3. The van der Waals surface area contributed by atoms with E-state index < -0.39 is 0 Å². The highest BCUT2D eigenvalue weighted by Crippen LogP contribution is 2.19. The van der Waals surface area contributed by atoms with Crippen LogP contribution in [0.25, 0.3) is 0 Å². The van der Waals surface area contributed by atoms with Crippen molar-refractivity contribution in [2.45, 2.75) is 13.0 Å². The summed E-state index contributed by atoms with van der Waals surface area (Å²) in [6.07, 6.45) is 3.34. The van der Waals surface area contributed by atoms with Gasteiger partial charge < -0.3 is 5.32 Å². The van der Waals surface area contributed by atoms with Crippen molar-refractivity contribution in [3.05, 3.63) is 40.6 Å². The van der Waals surface area contributed by atoms with Crippen LogP contribution in [0.1, 0.15) is 24.5 Å².